The van der Waals surface area contributed by atoms with Crippen LogP contribution in [-0.2, 0) is 9.53 Å². The molecule has 0 bridgehead atoms. The molecule has 0 radical (unpaired) electrons. The molecule has 1 aromatic carbocycles. The predicted molar refractivity (Wildman–Crippen MR) is 87.5 cm³/mol. The molecule has 0 saturated heterocycles. The van der Waals surface area contributed by atoms with Gasteiger partial charge in [-0.25, -0.2) is 4.79 Å². The van der Waals surface area contributed by atoms with Crippen LogP contribution in [0.25, 0.3) is 10.9 Å². The molecule has 0 aliphatic heterocycles. The first-order valence-corrected chi connectivity index (χ1v) is 7.73. The van der Waals surface area contributed by atoms with E-state index in [-0.39, 0.29) is 5.97 Å². The lowest BCUT2D eigenvalue weighted by Gasteiger charge is -2.15. The average molecular weight is 322 g/mol. The fraction of sp³-hybridized carbons (Fsp3) is 0.412. The van der Waals surface area contributed by atoms with Crippen molar-refractivity contribution in [2.45, 2.75) is 33.2 Å². The summed E-state index contributed by atoms with van der Waals surface area (Å²) in [6, 6.07) is 4.78. The molecule has 2 aromatic rings. The SMILES string of the molecule is CC(C)CCOC(=O)C(C)n1cc(C=O)c2cc(Cl)ccc21. The molecule has 4 nitrogen and oxygen atoms in total. The molecule has 2 rings (SSSR count). The smallest absolute Gasteiger partial charge is 0.328 e. The van der Waals surface area contributed by atoms with Crippen molar-refractivity contribution in [3.05, 3.63) is 35.0 Å². The van der Waals surface area contributed by atoms with E-state index in [4.69, 9.17) is 16.3 Å². The third-order valence-electron chi connectivity index (χ3n) is 3.65. The van der Waals surface area contributed by atoms with Gasteiger partial charge in [-0.1, -0.05) is 25.4 Å². The van der Waals surface area contributed by atoms with E-state index in [0.717, 1.165) is 23.6 Å². The van der Waals surface area contributed by atoms with Crippen LogP contribution < -0.4 is 0 Å². The van der Waals surface area contributed by atoms with Crippen molar-refractivity contribution in [3.63, 3.8) is 0 Å². The first-order chi connectivity index (χ1) is 10.4. The van der Waals surface area contributed by atoms with Crippen LogP contribution in [0.2, 0.25) is 5.02 Å². The van der Waals surface area contributed by atoms with E-state index in [0.29, 0.717) is 23.1 Å². The molecule has 0 fully saturated rings. The Labute approximate surface area is 135 Å². The number of esters is 1. The lowest BCUT2D eigenvalue weighted by atomic mass is 10.1. The first kappa shape index (κ1) is 16.6. The number of hydrogen-bond donors (Lipinski definition) is 0. The number of aromatic nitrogens is 1. The topological polar surface area (TPSA) is 48.3 Å². The number of halogens is 1. The molecule has 0 aliphatic carbocycles. The Morgan fingerprint density at radius 3 is 2.73 bits per heavy atom. The standard InChI is InChI=1S/C17H20ClNO3/c1-11(2)6-7-22-17(21)12(3)19-9-13(10-20)15-8-14(18)4-5-16(15)19/h4-5,8-12H,6-7H2,1-3H3. The lowest BCUT2D eigenvalue weighted by Crippen LogP contribution is -2.19. The van der Waals surface area contributed by atoms with Crippen LogP contribution in [0.15, 0.2) is 24.4 Å². The van der Waals surface area contributed by atoms with Gasteiger partial charge in [-0.2, -0.15) is 0 Å². The number of benzene rings is 1. The van der Waals surface area contributed by atoms with Gasteiger partial charge in [0.05, 0.1) is 6.61 Å². The van der Waals surface area contributed by atoms with E-state index >= 15 is 0 Å². The maximum Gasteiger partial charge on any atom is 0.328 e. The van der Waals surface area contributed by atoms with Gasteiger partial charge >= 0.3 is 5.97 Å². The van der Waals surface area contributed by atoms with Crippen molar-refractivity contribution >= 4 is 34.8 Å². The Balaban J connectivity index is 2.26. The van der Waals surface area contributed by atoms with Crippen LogP contribution >= 0.6 is 11.6 Å². The Morgan fingerprint density at radius 2 is 2.09 bits per heavy atom. The van der Waals surface area contributed by atoms with Gasteiger partial charge in [-0.05, 0) is 37.5 Å². The summed E-state index contributed by atoms with van der Waals surface area (Å²) in [5.41, 5.74) is 1.30. The van der Waals surface area contributed by atoms with Crippen molar-refractivity contribution in [3.8, 4) is 0 Å². The molecule has 0 spiro atoms. The molecule has 1 heterocycles. The number of rotatable bonds is 6. The number of nitrogens with zero attached hydrogens (tertiary/aromatic N) is 1. The monoisotopic (exact) mass is 321 g/mol. The van der Waals surface area contributed by atoms with Crippen LogP contribution in [0, 0.1) is 5.92 Å². The number of carbonyl (C=O) groups excluding carboxylic acids is 2. The number of aldehydes is 1. The van der Waals surface area contributed by atoms with Gasteiger partial charge in [-0.3, -0.25) is 4.79 Å². The van der Waals surface area contributed by atoms with Crippen molar-refractivity contribution < 1.29 is 14.3 Å². The highest BCUT2D eigenvalue weighted by Gasteiger charge is 2.20. The summed E-state index contributed by atoms with van der Waals surface area (Å²) < 4.78 is 7.07. The zero-order valence-corrected chi connectivity index (χ0v) is 13.8. The van der Waals surface area contributed by atoms with Crippen LogP contribution in [0.5, 0.6) is 0 Å². The minimum Gasteiger partial charge on any atom is -0.464 e. The summed E-state index contributed by atoms with van der Waals surface area (Å²) >= 11 is 5.98. The highest BCUT2D eigenvalue weighted by molar-refractivity contribution is 6.31. The van der Waals surface area contributed by atoms with Crippen LogP contribution in [0.3, 0.4) is 0 Å². The summed E-state index contributed by atoms with van der Waals surface area (Å²) in [6.45, 7) is 6.33. The quantitative estimate of drug-likeness (QED) is 0.590. The summed E-state index contributed by atoms with van der Waals surface area (Å²) in [4.78, 5) is 23.4. The zero-order chi connectivity index (χ0) is 16.3. The van der Waals surface area contributed by atoms with Gasteiger partial charge in [0.1, 0.15) is 6.04 Å². The highest BCUT2D eigenvalue weighted by atomic mass is 35.5. The number of fused-ring (bicyclic) bond motifs is 1. The van der Waals surface area contributed by atoms with Crippen LogP contribution in [0.4, 0.5) is 0 Å². The molecule has 0 amide bonds. The third kappa shape index (κ3) is 3.50. The molecule has 5 heteroatoms. The van der Waals surface area contributed by atoms with Gasteiger partial charge < -0.3 is 9.30 Å². The van der Waals surface area contributed by atoms with E-state index in [1.54, 1.807) is 29.8 Å². The Hall–Kier alpha value is -1.81. The third-order valence-corrected chi connectivity index (χ3v) is 3.89. The van der Waals surface area contributed by atoms with E-state index in [9.17, 15) is 9.59 Å². The maximum atomic E-state index is 12.2. The van der Waals surface area contributed by atoms with E-state index in [1.807, 2.05) is 6.07 Å². The first-order valence-electron chi connectivity index (χ1n) is 7.36. The summed E-state index contributed by atoms with van der Waals surface area (Å²) in [5.74, 6) is 0.185. The molecule has 118 valence electrons. The second-order valence-electron chi connectivity index (χ2n) is 5.80. The van der Waals surface area contributed by atoms with Crippen LogP contribution in [-0.4, -0.2) is 23.4 Å². The van der Waals surface area contributed by atoms with Crippen molar-refractivity contribution in [1.29, 1.82) is 0 Å². The second kappa shape index (κ2) is 6.97. The minimum absolute atomic E-state index is 0.301. The lowest BCUT2D eigenvalue weighted by molar-refractivity contribution is -0.147. The van der Waals surface area contributed by atoms with Crippen molar-refractivity contribution in [2.24, 2.45) is 5.92 Å². The molecule has 0 aliphatic rings. The zero-order valence-electron chi connectivity index (χ0n) is 13.0. The van der Waals surface area contributed by atoms with Gasteiger partial charge in [0.15, 0.2) is 6.29 Å². The number of carbonyl (C=O) groups is 2. The largest absolute Gasteiger partial charge is 0.464 e. The highest BCUT2D eigenvalue weighted by Crippen LogP contribution is 2.27. The number of hydrogen-bond acceptors (Lipinski definition) is 3. The van der Waals surface area contributed by atoms with Crippen LogP contribution in [0.1, 0.15) is 43.6 Å². The van der Waals surface area contributed by atoms with E-state index < -0.39 is 6.04 Å². The Bertz CT molecular complexity index is 691. The molecule has 1 aromatic heterocycles. The van der Waals surface area contributed by atoms with Gasteiger partial charge in [0, 0.05) is 27.7 Å². The van der Waals surface area contributed by atoms with Crippen molar-refractivity contribution in [2.75, 3.05) is 6.61 Å². The molecule has 0 saturated carbocycles. The van der Waals surface area contributed by atoms with E-state index in [1.165, 1.54) is 0 Å². The normalized spacial score (nSPS) is 12.6. The maximum absolute atomic E-state index is 12.2. The summed E-state index contributed by atoms with van der Waals surface area (Å²) in [7, 11) is 0. The Morgan fingerprint density at radius 1 is 1.36 bits per heavy atom. The number of ether oxygens (including phenoxy) is 1. The molecular weight excluding hydrogens is 302 g/mol. The molecule has 22 heavy (non-hydrogen) atoms. The minimum atomic E-state index is -0.496. The molecular formula is C17H20ClNO3. The molecule has 1 atom stereocenters. The fourth-order valence-corrected chi connectivity index (χ4v) is 2.47. The van der Waals surface area contributed by atoms with Gasteiger partial charge in [-0.15, -0.1) is 0 Å². The van der Waals surface area contributed by atoms with Gasteiger partial charge in [0.2, 0.25) is 0 Å². The fourth-order valence-electron chi connectivity index (χ4n) is 2.30. The molecule has 1 unspecified atom stereocenters. The predicted octanol–water partition coefficient (Wildman–Crippen LogP) is 4.26. The second-order valence-corrected chi connectivity index (χ2v) is 6.23. The summed E-state index contributed by atoms with van der Waals surface area (Å²) in [6.07, 6.45) is 3.27. The average Bonchev–Trinajstić information content (AvgIpc) is 2.83. The van der Waals surface area contributed by atoms with E-state index in [2.05, 4.69) is 13.8 Å². The summed E-state index contributed by atoms with van der Waals surface area (Å²) in [5, 5.41) is 1.30. The Kier molecular flexibility index (Phi) is 5.24. The molecule has 0 N–H and O–H groups in total. The van der Waals surface area contributed by atoms with Crippen molar-refractivity contribution in [1.82, 2.24) is 4.57 Å². The van der Waals surface area contributed by atoms with Gasteiger partial charge in [0.25, 0.3) is 0 Å².